The zero-order chi connectivity index (χ0) is 15.9. The standard InChI is InChI=1S/C14H19BrClNO3S/c1-2-3-4-5-6-7-14(18)17-11-8-9-13(12(15)10-11)21(16,19)20/h8-10H,2-7H2,1H3,(H,17,18). The Hall–Kier alpha value is -0.590. The molecule has 0 unspecified atom stereocenters. The van der Waals surface area contributed by atoms with Gasteiger partial charge in [-0.25, -0.2) is 8.42 Å². The Morgan fingerprint density at radius 2 is 1.90 bits per heavy atom. The number of rotatable bonds is 8. The maximum absolute atomic E-state index is 11.8. The summed E-state index contributed by atoms with van der Waals surface area (Å²) in [7, 11) is 1.50. The third-order valence-electron chi connectivity index (χ3n) is 2.99. The minimum absolute atomic E-state index is 0.0123. The minimum atomic E-state index is -3.79. The lowest BCUT2D eigenvalue weighted by molar-refractivity contribution is -0.116. The maximum atomic E-state index is 11.8. The SMILES string of the molecule is CCCCCCCC(=O)Nc1ccc(S(=O)(=O)Cl)c(Br)c1. The van der Waals surface area contributed by atoms with Gasteiger partial charge in [0.1, 0.15) is 0 Å². The topological polar surface area (TPSA) is 63.2 Å². The lowest BCUT2D eigenvalue weighted by Crippen LogP contribution is -2.11. The van der Waals surface area contributed by atoms with Crippen LogP contribution in [-0.4, -0.2) is 14.3 Å². The molecule has 4 nitrogen and oxygen atoms in total. The lowest BCUT2D eigenvalue weighted by atomic mass is 10.1. The molecule has 0 heterocycles. The van der Waals surface area contributed by atoms with Crippen molar-refractivity contribution in [3.05, 3.63) is 22.7 Å². The highest BCUT2D eigenvalue weighted by atomic mass is 79.9. The van der Waals surface area contributed by atoms with Gasteiger partial charge in [0.25, 0.3) is 9.05 Å². The van der Waals surface area contributed by atoms with Crippen LogP contribution in [0.1, 0.15) is 45.4 Å². The van der Waals surface area contributed by atoms with Crippen molar-refractivity contribution in [2.75, 3.05) is 5.32 Å². The number of nitrogens with one attached hydrogen (secondary N) is 1. The van der Waals surface area contributed by atoms with Crippen molar-refractivity contribution >= 4 is 47.3 Å². The van der Waals surface area contributed by atoms with Crippen LogP contribution in [0.3, 0.4) is 0 Å². The molecule has 1 N–H and O–H groups in total. The minimum Gasteiger partial charge on any atom is -0.326 e. The number of halogens is 2. The van der Waals surface area contributed by atoms with Crippen LogP contribution in [0.15, 0.2) is 27.6 Å². The number of hydrogen-bond acceptors (Lipinski definition) is 3. The Kier molecular flexibility index (Phi) is 7.70. The van der Waals surface area contributed by atoms with E-state index < -0.39 is 9.05 Å². The zero-order valence-electron chi connectivity index (χ0n) is 11.9. The number of carbonyl (C=O) groups excluding carboxylic acids is 1. The predicted octanol–water partition coefficient (Wildman–Crippen LogP) is 4.68. The van der Waals surface area contributed by atoms with Crippen LogP contribution in [-0.2, 0) is 13.8 Å². The van der Waals surface area contributed by atoms with Crippen molar-refractivity contribution in [3.63, 3.8) is 0 Å². The average Bonchev–Trinajstić information content (AvgIpc) is 2.37. The quantitative estimate of drug-likeness (QED) is 0.513. The van der Waals surface area contributed by atoms with E-state index in [0.717, 1.165) is 19.3 Å². The normalized spacial score (nSPS) is 11.4. The van der Waals surface area contributed by atoms with E-state index in [1.165, 1.54) is 31.0 Å². The Morgan fingerprint density at radius 1 is 1.24 bits per heavy atom. The van der Waals surface area contributed by atoms with E-state index in [1.807, 2.05) is 0 Å². The molecule has 0 aliphatic heterocycles. The van der Waals surface area contributed by atoms with Crippen molar-refractivity contribution in [2.24, 2.45) is 0 Å². The zero-order valence-corrected chi connectivity index (χ0v) is 15.0. The van der Waals surface area contributed by atoms with Crippen molar-refractivity contribution in [3.8, 4) is 0 Å². The van der Waals surface area contributed by atoms with Crippen LogP contribution in [0.5, 0.6) is 0 Å². The number of carbonyl (C=O) groups is 1. The summed E-state index contributed by atoms with van der Waals surface area (Å²) in [5.74, 6) is -0.0696. The first-order valence-corrected chi connectivity index (χ1v) is 9.99. The molecule has 1 aromatic rings. The first kappa shape index (κ1) is 18.5. The molecule has 0 fully saturated rings. The molecule has 0 saturated heterocycles. The van der Waals surface area contributed by atoms with Crippen molar-refractivity contribution in [1.29, 1.82) is 0 Å². The molecule has 0 aliphatic rings. The molecular weight excluding hydrogens is 378 g/mol. The van der Waals surface area contributed by atoms with Crippen molar-refractivity contribution in [2.45, 2.75) is 50.3 Å². The van der Waals surface area contributed by atoms with E-state index >= 15 is 0 Å². The summed E-state index contributed by atoms with van der Waals surface area (Å²) in [6.07, 6.45) is 5.91. The van der Waals surface area contributed by atoms with Crippen LogP contribution in [0.25, 0.3) is 0 Å². The summed E-state index contributed by atoms with van der Waals surface area (Å²) in [6.45, 7) is 2.15. The van der Waals surface area contributed by atoms with E-state index in [1.54, 1.807) is 0 Å². The fourth-order valence-corrected chi connectivity index (χ4v) is 4.11. The number of benzene rings is 1. The second kappa shape index (κ2) is 8.76. The highest BCUT2D eigenvalue weighted by molar-refractivity contribution is 9.10. The third kappa shape index (κ3) is 6.80. The molecule has 0 aromatic heterocycles. The van der Waals surface area contributed by atoms with E-state index in [0.29, 0.717) is 16.6 Å². The highest BCUT2D eigenvalue weighted by Crippen LogP contribution is 2.28. The van der Waals surface area contributed by atoms with Gasteiger partial charge < -0.3 is 5.32 Å². The van der Waals surface area contributed by atoms with Gasteiger partial charge in [-0.3, -0.25) is 4.79 Å². The summed E-state index contributed by atoms with van der Waals surface area (Å²) in [5.41, 5.74) is 0.546. The summed E-state index contributed by atoms with van der Waals surface area (Å²) in [5, 5.41) is 2.75. The Balaban J connectivity index is 2.52. The van der Waals surface area contributed by atoms with E-state index in [9.17, 15) is 13.2 Å². The Bertz CT molecular complexity index is 590. The molecule has 118 valence electrons. The monoisotopic (exact) mass is 395 g/mol. The molecule has 21 heavy (non-hydrogen) atoms. The van der Waals surface area contributed by atoms with Gasteiger partial charge in [-0.05, 0) is 40.5 Å². The summed E-state index contributed by atoms with van der Waals surface area (Å²) < 4.78 is 22.9. The van der Waals surface area contributed by atoms with Crippen LogP contribution in [0, 0.1) is 0 Å². The van der Waals surface area contributed by atoms with Gasteiger partial charge in [0.15, 0.2) is 0 Å². The molecule has 1 aromatic carbocycles. The van der Waals surface area contributed by atoms with Gasteiger partial charge in [-0.15, -0.1) is 0 Å². The van der Waals surface area contributed by atoms with Gasteiger partial charge in [0.05, 0.1) is 4.90 Å². The summed E-state index contributed by atoms with van der Waals surface area (Å²) in [6, 6.07) is 4.42. The molecule has 0 radical (unpaired) electrons. The smallest absolute Gasteiger partial charge is 0.262 e. The second-order valence-electron chi connectivity index (χ2n) is 4.80. The van der Waals surface area contributed by atoms with Crippen LogP contribution < -0.4 is 5.32 Å². The molecule has 0 atom stereocenters. The molecular formula is C14H19BrClNO3S. The van der Waals surface area contributed by atoms with Crippen LogP contribution in [0.4, 0.5) is 5.69 Å². The third-order valence-corrected chi connectivity index (χ3v) is 5.28. The van der Waals surface area contributed by atoms with E-state index in [-0.39, 0.29) is 10.8 Å². The molecule has 0 spiro atoms. The Morgan fingerprint density at radius 3 is 2.48 bits per heavy atom. The number of hydrogen-bond donors (Lipinski definition) is 1. The lowest BCUT2D eigenvalue weighted by Gasteiger charge is -2.07. The summed E-state index contributed by atoms with van der Waals surface area (Å²) in [4.78, 5) is 11.8. The number of anilines is 1. The molecule has 1 rings (SSSR count). The van der Waals surface area contributed by atoms with Gasteiger partial charge in [0.2, 0.25) is 5.91 Å². The van der Waals surface area contributed by atoms with Crippen LogP contribution >= 0.6 is 26.6 Å². The van der Waals surface area contributed by atoms with Gasteiger partial charge in [-0.1, -0.05) is 32.6 Å². The van der Waals surface area contributed by atoms with Gasteiger partial charge >= 0.3 is 0 Å². The molecule has 7 heteroatoms. The second-order valence-corrected chi connectivity index (χ2v) is 8.18. The van der Waals surface area contributed by atoms with Crippen molar-refractivity contribution in [1.82, 2.24) is 0 Å². The van der Waals surface area contributed by atoms with Crippen LogP contribution in [0.2, 0.25) is 0 Å². The van der Waals surface area contributed by atoms with E-state index in [2.05, 4.69) is 28.2 Å². The molecule has 0 bridgehead atoms. The van der Waals surface area contributed by atoms with Gasteiger partial charge in [0, 0.05) is 27.3 Å². The maximum Gasteiger partial charge on any atom is 0.262 e. The number of amides is 1. The van der Waals surface area contributed by atoms with E-state index in [4.69, 9.17) is 10.7 Å². The summed E-state index contributed by atoms with van der Waals surface area (Å²) >= 11 is 3.14. The largest absolute Gasteiger partial charge is 0.326 e. The molecule has 0 aliphatic carbocycles. The van der Waals surface area contributed by atoms with Gasteiger partial charge in [-0.2, -0.15) is 0 Å². The average molecular weight is 397 g/mol. The first-order valence-electron chi connectivity index (χ1n) is 6.88. The van der Waals surface area contributed by atoms with Crippen molar-refractivity contribution < 1.29 is 13.2 Å². The molecule has 0 saturated carbocycles. The fraction of sp³-hybridized carbons (Fsp3) is 0.500. The molecule has 1 amide bonds. The highest BCUT2D eigenvalue weighted by Gasteiger charge is 2.15. The first-order chi connectivity index (χ1) is 9.84. The fourth-order valence-electron chi connectivity index (χ4n) is 1.89. The predicted molar refractivity (Wildman–Crippen MR) is 89.2 cm³/mol. The number of unbranched alkanes of at least 4 members (excludes halogenated alkanes) is 4. The Labute approximate surface area is 138 Å².